The van der Waals surface area contributed by atoms with Gasteiger partial charge in [0.25, 0.3) is 0 Å². The van der Waals surface area contributed by atoms with Crippen LogP contribution < -0.4 is 14.9 Å². The number of benzene rings is 2. The van der Waals surface area contributed by atoms with Crippen LogP contribution in [-0.2, 0) is 11.2 Å². The van der Waals surface area contributed by atoms with Crippen LogP contribution in [-0.4, -0.2) is 26.3 Å². The van der Waals surface area contributed by atoms with E-state index in [4.69, 9.17) is 21.1 Å². The van der Waals surface area contributed by atoms with Crippen LogP contribution in [0.3, 0.4) is 0 Å². The molecule has 2 aromatic carbocycles. The Labute approximate surface area is 139 Å². The third kappa shape index (κ3) is 4.72. The van der Waals surface area contributed by atoms with Crippen LogP contribution in [0.15, 0.2) is 47.6 Å². The van der Waals surface area contributed by atoms with Gasteiger partial charge >= 0.3 is 0 Å². The summed E-state index contributed by atoms with van der Waals surface area (Å²) in [6.07, 6.45) is 1.74. The monoisotopic (exact) mass is 332 g/mol. The normalized spacial score (nSPS) is 10.6. The van der Waals surface area contributed by atoms with E-state index in [1.807, 2.05) is 12.1 Å². The molecule has 0 radical (unpaired) electrons. The van der Waals surface area contributed by atoms with Crippen molar-refractivity contribution in [3.05, 3.63) is 58.6 Å². The van der Waals surface area contributed by atoms with Crippen LogP contribution in [0.2, 0.25) is 5.02 Å². The number of ether oxygens (including phenoxy) is 2. The number of methoxy groups -OCH3 is 2. The van der Waals surface area contributed by atoms with Gasteiger partial charge in [-0.15, -0.1) is 0 Å². The Hall–Kier alpha value is -2.53. The summed E-state index contributed by atoms with van der Waals surface area (Å²) in [5.74, 6) is 0.945. The number of hydrogen-bond acceptors (Lipinski definition) is 4. The summed E-state index contributed by atoms with van der Waals surface area (Å²) >= 11 is 5.81. The van der Waals surface area contributed by atoms with Crippen molar-refractivity contribution >= 4 is 23.7 Å². The van der Waals surface area contributed by atoms with E-state index >= 15 is 0 Å². The van der Waals surface area contributed by atoms with Gasteiger partial charge in [-0.3, -0.25) is 4.79 Å². The molecule has 0 aliphatic heterocycles. The van der Waals surface area contributed by atoms with Crippen LogP contribution in [0.1, 0.15) is 11.1 Å². The molecular weight excluding hydrogens is 316 g/mol. The van der Waals surface area contributed by atoms with Crippen LogP contribution in [0.25, 0.3) is 0 Å². The van der Waals surface area contributed by atoms with Crippen LogP contribution in [0.5, 0.6) is 11.5 Å². The summed E-state index contributed by atoms with van der Waals surface area (Å²) in [6.45, 7) is 0. The molecule has 1 amide bonds. The summed E-state index contributed by atoms with van der Waals surface area (Å²) in [5, 5.41) is 4.59. The second-order valence-electron chi connectivity index (χ2n) is 4.68. The fraction of sp³-hybridized carbons (Fsp3) is 0.176. The Kier molecular flexibility index (Phi) is 6.00. The van der Waals surface area contributed by atoms with Crippen molar-refractivity contribution in [3.8, 4) is 11.5 Å². The zero-order valence-corrected chi connectivity index (χ0v) is 13.6. The Bertz CT molecular complexity index is 699. The Morgan fingerprint density at radius 2 is 1.91 bits per heavy atom. The van der Waals surface area contributed by atoms with Gasteiger partial charge in [-0.2, -0.15) is 5.10 Å². The van der Waals surface area contributed by atoms with Crippen LogP contribution >= 0.6 is 11.6 Å². The van der Waals surface area contributed by atoms with Gasteiger partial charge in [0.2, 0.25) is 5.91 Å². The van der Waals surface area contributed by atoms with E-state index in [1.54, 1.807) is 44.6 Å². The number of amides is 1. The van der Waals surface area contributed by atoms with Crippen molar-refractivity contribution in [3.63, 3.8) is 0 Å². The smallest absolute Gasteiger partial charge is 0.244 e. The number of carbonyl (C=O) groups is 1. The zero-order valence-electron chi connectivity index (χ0n) is 12.9. The molecule has 5 nitrogen and oxygen atoms in total. The largest absolute Gasteiger partial charge is 0.493 e. The molecule has 120 valence electrons. The lowest BCUT2D eigenvalue weighted by Gasteiger charge is -2.09. The van der Waals surface area contributed by atoms with Gasteiger partial charge in [0.1, 0.15) is 0 Å². The van der Waals surface area contributed by atoms with Gasteiger partial charge in [-0.1, -0.05) is 29.8 Å². The predicted molar refractivity (Wildman–Crippen MR) is 90.4 cm³/mol. The van der Waals surface area contributed by atoms with Crippen molar-refractivity contribution in [2.45, 2.75) is 6.42 Å². The van der Waals surface area contributed by atoms with E-state index < -0.39 is 0 Å². The Balaban J connectivity index is 1.98. The average molecular weight is 333 g/mol. The summed E-state index contributed by atoms with van der Waals surface area (Å²) in [5.41, 5.74) is 4.05. The minimum Gasteiger partial charge on any atom is -0.493 e. The van der Waals surface area contributed by atoms with Gasteiger partial charge < -0.3 is 9.47 Å². The highest BCUT2D eigenvalue weighted by molar-refractivity contribution is 6.30. The van der Waals surface area contributed by atoms with Crippen molar-refractivity contribution < 1.29 is 14.3 Å². The van der Waals surface area contributed by atoms with Gasteiger partial charge in [-0.05, 0) is 29.8 Å². The highest BCUT2D eigenvalue weighted by Gasteiger charge is 2.07. The topological polar surface area (TPSA) is 59.9 Å². The summed E-state index contributed by atoms with van der Waals surface area (Å²) in [6, 6.07) is 12.5. The maximum atomic E-state index is 11.9. The number of nitrogens with zero attached hydrogens (tertiary/aromatic N) is 1. The molecule has 6 heteroatoms. The Morgan fingerprint density at radius 1 is 1.17 bits per heavy atom. The molecular formula is C17H17ClN2O3. The maximum Gasteiger partial charge on any atom is 0.244 e. The number of hydrogen-bond donors (Lipinski definition) is 1. The van der Waals surface area contributed by atoms with E-state index in [2.05, 4.69) is 10.5 Å². The molecule has 0 unspecified atom stereocenters. The fourth-order valence-electron chi connectivity index (χ4n) is 2.01. The molecule has 2 rings (SSSR count). The predicted octanol–water partition coefficient (Wildman–Crippen LogP) is 3.05. The molecule has 0 aromatic heterocycles. The number of nitrogens with one attached hydrogen (secondary N) is 1. The van der Waals surface area contributed by atoms with E-state index in [-0.39, 0.29) is 12.3 Å². The van der Waals surface area contributed by atoms with E-state index in [0.717, 1.165) is 5.56 Å². The van der Waals surface area contributed by atoms with Crippen LogP contribution in [0.4, 0.5) is 0 Å². The third-order valence-corrected chi connectivity index (χ3v) is 3.36. The summed E-state index contributed by atoms with van der Waals surface area (Å²) in [4.78, 5) is 11.9. The molecule has 1 N–H and O–H groups in total. The summed E-state index contributed by atoms with van der Waals surface area (Å²) < 4.78 is 10.5. The van der Waals surface area contributed by atoms with Crippen molar-refractivity contribution in [2.75, 3.05) is 14.2 Å². The fourth-order valence-corrected chi connectivity index (χ4v) is 2.14. The molecule has 0 aliphatic rings. The SMILES string of the molecule is COc1cccc(/C=N\NC(=O)Cc2ccc(Cl)cc2)c1OC. The first-order valence-corrected chi connectivity index (χ1v) is 7.29. The second-order valence-corrected chi connectivity index (χ2v) is 5.12. The van der Waals surface area contributed by atoms with Gasteiger partial charge in [0.05, 0.1) is 26.9 Å². The lowest BCUT2D eigenvalue weighted by atomic mass is 10.1. The quantitative estimate of drug-likeness (QED) is 0.653. The molecule has 0 saturated heterocycles. The van der Waals surface area contributed by atoms with Gasteiger partial charge in [-0.25, -0.2) is 5.43 Å². The second kappa shape index (κ2) is 8.19. The van der Waals surface area contributed by atoms with E-state index in [0.29, 0.717) is 22.1 Å². The zero-order chi connectivity index (χ0) is 16.7. The average Bonchev–Trinajstić information content (AvgIpc) is 2.56. The molecule has 0 bridgehead atoms. The third-order valence-electron chi connectivity index (χ3n) is 3.10. The first-order chi connectivity index (χ1) is 11.1. The molecule has 0 spiro atoms. The molecule has 2 aromatic rings. The van der Waals surface area contributed by atoms with Gasteiger partial charge in [0, 0.05) is 10.6 Å². The summed E-state index contributed by atoms with van der Waals surface area (Å²) in [7, 11) is 3.11. The first kappa shape index (κ1) is 16.8. The molecule has 23 heavy (non-hydrogen) atoms. The number of rotatable bonds is 6. The lowest BCUT2D eigenvalue weighted by molar-refractivity contribution is -0.120. The highest BCUT2D eigenvalue weighted by atomic mass is 35.5. The van der Waals surface area contributed by atoms with Crippen molar-refractivity contribution in [1.82, 2.24) is 5.43 Å². The molecule has 0 fully saturated rings. The van der Waals surface area contributed by atoms with Crippen molar-refractivity contribution in [1.29, 1.82) is 0 Å². The van der Waals surface area contributed by atoms with E-state index in [1.165, 1.54) is 6.21 Å². The minimum atomic E-state index is -0.217. The lowest BCUT2D eigenvalue weighted by Crippen LogP contribution is -2.19. The number of hydrazone groups is 1. The molecule has 0 aliphatic carbocycles. The number of carbonyl (C=O) groups excluding carboxylic acids is 1. The van der Waals surface area contributed by atoms with E-state index in [9.17, 15) is 4.79 Å². The number of para-hydroxylation sites is 1. The van der Waals surface area contributed by atoms with Crippen molar-refractivity contribution in [2.24, 2.45) is 5.10 Å². The van der Waals surface area contributed by atoms with Gasteiger partial charge in [0.15, 0.2) is 11.5 Å². The molecule has 0 atom stereocenters. The Morgan fingerprint density at radius 3 is 2.57 bits per heavy atom. The number of halogens is 1. The highest BCUT2D eigenvalue weighted by Crippen LogP contribution is 2.29. The standard InChI is InChI=1S/C17H17ClN2O3/c1-22-15-5-3-4-13(17(15)23-2)11-19-20-16(21)10-12-6-8-14(18)9-7-12/h3-9,11H,10H2,1-2H3,(H,20,21)/b19-11-. The molecule has 0 heterocycles. The maximum absolute atomic E-state index is 11.9. The molecule has 0 saturated carbocycles. The van der Waals surface area contributed by atoms with Crippen LogP contribution in [0, 0.1) is 0 Å². The minimum absolute atomic E-state index is 0.217. The first-order valence-electron chi connectivity index (χ1n) is 6.91.